The van der Waals surface area contributed by atoms with Crippen LogP contribution in [0.3, 0.4) is 0 Å². The molecule has 1 aromatic rings. The molecule has 104 valence electrons. The van der Waals surface area contributed by atoms with E-state index in [1.807, 2.05) is 0 Å². The maximum Gasteiger partial charge on any atom is 0.0376 e. The highest BCUT2D eigenvalue weighted by Crippen LogP contribution is 2.46. The van der Waals surface area contributed by atoms with Crippen molar-refractivity contribution in [1.29, 1.82) is 0 Å². The van der Waals surface area contributed by atoms with Crippen molar-refractivity contribution in [3.8, 4) is 0 Å². The zero-order valence-electron chi connectivity index (χ0n) is 12.8. The highest BCUT2D eigenvalue weighted by atomic mass is 15.2. The van der Waals surface area contributed by atoms with Gasteiger partial charge in [-0.1, -0.05) is 45.0 Å². The minimum Gasteiger partial charge on any atom is -0.296 e. The van der Waals surface area contributed by atoms with Gasteiger partial charge in [0, 0.05) is 12.1 Å². The molecule has 0 aromatic heterocycles. The van der Waals surface area contributed by atoms with Crippen LogP contribution in [0.15, 0.2) is 24.3 Å². The zero-order chi connectivity index (χ0) is 13.6. The van der Waals surface area contributed by atoms with E-state index in [1.165, 1.54) is 36.8 Å². The Morgan fingerprint density at radius 1 is 0.947 bits per heavy atom. The fourth-order valence-corrected chi connectivity index (χ4v) is 4.07. The van der Waals surface area contributed by atoms with Crippen molar-refractivity contribution >= 4 is 0 Å². The molecule has 4 rings (SSSR count). The first-order valence-corrected chi connectivity index (χ1v) is 7.79. The standard InChI is InChI=1S/C18H27N/c1-18(2,3)15-9-5-13(6-10-15)17-14-7-11-16(12-8-14)19(17)4/h5-6,9-10,14,16-17H,7-8,11-12H2,1-4H3. The molecule has 2 saturated heterocycles. The fraction of sp³-hybridized carbons (Fsp3) is 0.667. The van der Waals surface area contributed by atoms with Crippen LogP contribution in [-0.2, 0) is 5.41 Å². The fourth-order valence-electron chi connectivity index (χ4n) is 4.07. The zero-order valence-corrected chi connectivity index (χ0v) is 12.8. The van der Waals surface area contributed by atoms with E-state index in [-0.39, 0.29) is 5.41 Å². The minimum absolute atomic E-state index is 0.260. The Labute approximate surface area is 118 Å². The second-order valence-corrected chi connectivity index (χ2v) is 7.55. The number of hydrogen-bond donors (Lipinski definition) is 0. The molecule has 3 fully saturated rings. The lowest BCUT2D eigenvalue weighted by Crippen LogP contribution is -2.47. The smallest absolute Gasteiger partial charge is 0.0376 e. The third kappa shape index (κ3) is 2.33. The Hall–Kier alpha value is -0.820. The van der Waals surface area contributed by atoms with E-state index in [0.29, 0.717) is 6.04 Å². The van der Waals surface area contributed by atoms with Gasteiger partial charge in [-0.2, -0.15) is 0 Å². The van der Waals surface area contributed by atoms with Crippen molar-refractivity contribution in [2.24, 2.45) is 5.92 Å². The van der Waals surface area contributed by atoms with Gasteiger partial charge in [-0.15, -0.1) is 0 Å². The quantitative estimate of drug-likeness (QED) is 0.714. The van der Waals surface area contributed by atoms with E-state index in [9.17, 15) is 0 Å². The van der Waals surface area contributed by atoms with Crippen molar-refractivity contribution in [2.45, 2.75) is 64.0 Å². The Morgan fingerprint density at radius 2 is 1.53 bits per heavy atom. The maximum atomic E-state index is 2.64. The molecule has 0 amide bonds. The van der Waals surface area contributed by atoms with Crippen LogP contribution in [-0.4, -0.2) is 18.0 Å². The van der Waals surface area contributed by atoms with Gasteiger partial charge in [0.15, 0.2) is 0 Å². The van der Waals surface area contributed by atoms with Crippen LogP contribution in [0.25, 0.3) is 0 Å². The molecule has 2 heterocycles. The summed E-state index contributed by atoms with van der Waals surface area (Å²) in [6.07, 6.45) is 5.69. The van der Waals surface area contributed by atoms with Crippen molar-refractivity contribution in [3.63, 3.8) is 0 Å². The summed E-state index contributed by atoms with van der Waals surface area (Å²) in [5, 5.41) is 0. The highest BCUT2D eigenvalue weighted by molar-refractivity contribution is 5.30. The summed E-state index contributed by atoms with van der Waals surface area (Å²) in [6, 6.07) is 10.9. The lowest BCUT2D eigenvalue weighted by Gasteiger charge is -2.50. The summed E-state index contributed by atoms with van der Waals surface area (Å²) in [5.41, 5.74) is 3.24. The molecule has 1 heteroatoms. The summed E-state index contributed by atoms with van der Waals surface area (Å²) in [7, 11) is 2.33. The van der Waals surface area contributed by atoms with Gasteiger partial charge in [-0.3, -0.25) is 4.90 Å². The van der Waals surface area contributed by atoms with E-state index < -0.39 is 0 Å². The lowest BCUT2D eigenvalue weighted by atomic mass is 9.72. The predicted octanol–water partition coefficient (Wildman–Crippen LogP) is 4.53. The summed E-state index contributed by atoms with van der Waals surface area (Å²) in [6.45, 7) is 6.87. The van der Waals surface area contributed by atoms with Gasteiger partial charge in [0.1, 0.15) is 0 Å². The average molecular weight is 257 g/mol. The SMILES string of the molecule is CN1C2CCC(CC2)C1c1ccc(C(C)(C)C)cc1. The molecule has 1 aromatic carbocycles. The predicted molar refractivity (Wildman–Crippen MR) is 81.4 cm³/mol. The Bertz CT molecular complexity index is 430. The third-order valence-electron chi connectivity index (χ3n) is 5.32. The second-order valence-electron chi connectivity index (χ2n) is 7.55. The number of nitrogens with zero attached hydrogens (tertiary/aromatic N) is 1. The van der Waals surface area contributed by atoms with Crippen LogP contribution in [0.1, 0.15) is 63.6 Å². The molecule has 0 spiro atoms. The van der Waals surface area contributed by atoms with Gasteiger partial charge in [-0.25, -0.2) is 0 Å². The average Bonchev–Trinajstić information content (AvgIpc) is 2.39. The first-order valence-electron chi connectivity index (χ1n) is 7.79. The molecule has 1 unspecified atom stereocenters. The first kappa shape index (κ1) is 13.2. The summed E-state index contributed by atoms with van der Waals surface area (Å²) < 4.78 is 0. The van der Waals surface area contributed by atoms with E-state index in [4.69, 9.17) is 0 Å². The number of benzene rings is 1. The van der Waals surface area contributed by atoms with Crippen LogP contribution in [0.5, 0.6) is 0 Å². The molecule has 1 atom stereocenters. The van der Waals surface area contributed by atoms with E-state index >= 15 is 0 Å². The molecule has 1 aliphatic carbocycles. The Kier molecular flexibility index (Phi) is 3.21. The van der Waals surface area contributed by atoms with E-state index in [1.54, 1.807) is 0 Å². The molecular weight excluding hydrogens is 230 g/mol. The van der Waals surface area contributed by atoms with Crippen molar-refractivity contribution in [2.75, 3.05) is 7.05 Å². The summed E-state index contributed by atoms with van der Waals surface area (Å²) in [5.74, 6) is 0.885. The third-order valence-corrected chi connectivity index (χ3v) is 5.32. The maximum absolute atomic E-state index is 2.64. The molecule has 0 N–H and O–H groups in total. The molecule has 2 bridgehead atoms. The molecule has 0 radical (unpaired) electrons. The van der Waals surface area contributed by atoms with Crippen LogP contribution >= 0.6 is 0 Å². The van der Waals surface area contributed by atoms with Gasteiger partial charge in [0.05, 0.1) is 0 Å². The van der Waals surface area contributed by atoms with Gasteiger partial charge in [0.25, 0.3) is 0 Å². The van der Waals surface area contributed by atoms with Crippen LogP contribution in [0.4, 0.5) is 0 Å². The minimum atomic E-state index is 0.260. The molecule has 3 aliphatic rings. The van der Waals surface area contributed by atoms with E-state index in [0.717, 1.165) is 12.0 Å². The molecule has 2 aliphatic heterocycles. The Balaban J connectivity index is 1.86. The molecule has 19 heavy (non-hydrogen) atoms. The summed E-state index contributed by atoms with van der Waals surface area (Å²) in [4.78, 5) is 2.64. The van der Waals surface area contributed by atoms with Crippen molar-refractivity contribution in [1.82, 2.24) is 4.90 Å². The summed E-state index contributed by atoms with van der Waals surface area (Å²) >= 11 is 0. The van der Waals surface area contributed by atoms with Gasteiger partial charge < -0.3 is 0 Å². The van der Waals surface area contributed by atoms with Crippen LogP contribution < -0.4 is 0 Å². The first-order chi connectivity index (χ1) is 8.97. The number of hydrogen-bond acceptors (Lipinski definition) is 1. The normalized spacial score (nSPS) is 31.7. The van der Waals surface area contributed by atoms with Crippen LogP contribution in [0.2, 0.25) is 0 Å². The largest absolute Gasteiger partial charge is 0.296 e. The van der Waals surface area contributed by atoms with Gasteiger partial charge in [0.2, 0.25) is 0 Å². The lowest BCUT2D eigenvalue weighted by molar-refractivity contribution is 0.00730. The molecule has 1 nitrogen and oxygen atoms in total. The van der Waals surface area contributed by atoms with E-state index in [2.05, 4.69) is 57.0 Å². The second kappa shape index (κ2) is 4.63. The number of rotatable bonds is 1. The van der Waals surface area contributed by atoms with Gasteiger partial charge in [-0.05, 0) is 55.2 Å². The van der Waals surface area contributed by atoms with Crippen molar-refractivity contribution < 1.29 is 0 Å². The molecular formula is C18H27N. The molecule has 1 saturated carbocycles. The van der Waals surface area contributed by atoms with Crippen LogP contribution in [0, 0.1) is 5.92 Å². The number of fused-ring (bicyclic) bond motifs is 3. The Morgan fingerprint density at radius 3 is 2.00 bits per heavy atom. The van der Waals surface area contributed by atoms with Crippen molar-refractivity contribution in [3.05, 3.63) is 35.4 Å². The number of piperidine rings is 2. The monoisotopic (exact) mass is 257 g/mol. The van der Waals surface area contributed by atoms with Gasteiger partial charge >= 0.3 is 0 Å². The highest BCUT2D eigenvalue weighted by Gasteiger charge is 2.40. The topological polar surface area (TPSA) is 3.24 Å².